The van der Waals surface area contributed by atoms with Gasteiger partial charge in [0.15, 0.2) is 0 Å². The number of aromatic nitrogens is 3. The van der Waals surface area contributed by atoms with Crippen LogP contribution in [0, 0.1) is 6.92 Å². The minimum atomic E-state index is -0.0967. The molecule has 0 saturated heterocycles. The second-order valence-electron chi connectivity index (χ2n) is 4.78. The van der Waals surface area contributed by atoms with Crippen LogP contribution in [0.5, 0.6) is 0 Å². The van der Waals surface area contributed by atoms with Crippen LogP contribution < -0.4 is 10.9 Å². The number of rotatable bonds is 6. The number of nitrogens with zero attached hydrogens (tertiary/aromatic N) is 5. The van der Waals surface area contributed by atoms with E-state index < -0.39 is 0 Å². The number of aryl methyl sites for hydroxylation is 2. The number of likely N-dealkylation sites (N-methyl/N-ethyl adjacent to an activating group) is 2. The lowest BCUT2D eigenvalue weighted by Crippen LogP contribution is -2.40. The van der Waals surface area contributed by atoms with Crippen molar-refractivity contribution in [2.45, 2.75) is 26.3 Å². The zero-order chi connectivity index (χ0) is 14.5. The molecule has 20 heavy (non-hydrogen) atoms. The molecular formula is C12H21N7O. The van der Waals surface area contributed by atoms with E-state index in [9.17, 15) is 4.79 Å². The number of unbranched alkanes of at least 4 members (excludes halogenated alkanes) is 1. The van der Waals surface area contributed by atoms with Crippen molar-refractivity contribution in [3.05, 3.63) is 23.8 Å². The molecule has 2 N–H and O–H groups in total. The average molecular weight is 279 g/mol. The first-order valence-electron chi connectivity index (χ1n) is 6.67. The summed E-state index contributed by atoms with van der Waals surface area (Å²) < 4.78 is 1.85. The Kier molecular flexibility index (Phi) is 4.57. The van der Waals surface area contributed by atoms with Gasteiger partial charge in [-0.25, -0.2) is 0 Å². The van der Waals surface area contributed by atoms with Crippen molar-refractivity contribution in [3.8, 4) is 0 Å². The minimum Gasteiger partial charge on any atom is -0.354 e. The summed E-state index contributed by atoms with van der Waals surface area (Å²) in [6, 6.07) is 0. The Morgan fingerprint density at radius 1 is 1.40 bits per heavy atom. The van der Waals surface area contributed by atoms with Crippen molar-refractivity contribution in [2.24, 2.45) is 0 Å². The fourth-order valence-corrected chi connectivity index (χ4v) is 2.02. The van der Waals surface area contributed by atoms with E-state index in [1.165, 1.54) is 0 Å². The smallest absolute Gasteiger partial charge is 0.270 e. The predicted molar refractivity (Wildman–Crippen MR) is 73.7 cm³/mol. The predicted octanol–water partition coefficient (Wildman–Crippen LogP) is -0.379. The molecule has 0 radical (unpaired) electrons. The monoisotopic (exact) mass is 279 g/mol. The van der Waals surface area contributed by atoms with E-state index in [2.05, 4.69) is 21.2 Å². The number of hydrazine groups is 2. The summed E-state index contributed by atoms with van der Waals surface area (Å²) in [7, 11) is 3.44. The van der Waals surface area contributed by atoms with E-state index in [0.717, 1.165) is 31.6 Å². The van der Waals surface area contributed by atoms with Gasteiger partial charge in [-0.1, -0.05) is 5.21 Å². The second-order valence-corrected chi connectivity index (χ2v) is 4.78. The summed E-state index contributed by atoms with van der Waals surface area (Å²) >= 11 is 0. The third kappa shape index (κ3) is 3.47. The van der Waals surface area contributed by atoms with Crippen molar-refractivity contribution in [3.63, 3.8) is 0 Å². The van der Waals surface area contributed by atoms with Gasteiger partial charge in [0, 0.05) is 39.6 Å². The molecule has 0 bridgehead atoms. The van der Waals surface area contributed by atoms with E-state index in [1.54, 1.807) is 12.1 Å². The van der Waals surface area contributed by atoms with Crippen LogP contribution in [-0.2, 0) is 11.3 Å². The summed E-state index contributed by atoms with van der Waals surface area (Å²) in [6.45, 7) is 3.62. The van der Waals surface area contributed by atoms with Crippen LogP contribution in [0.15, 0.2) is 18.1 Å². The molecule has 8 heteroatoms. The lowest BCUT2D eigenvalue weighted by atomic mass is 10.3. The second kappa shape index (κ2) is 6.38. The normalized spacial score (nSPS) is 14.7. The number of amides is 1. The highest BCUT2D eigenvalue weighted by Gasteiger charge is 2.21. The van der Waals surface area contributed by atoms with Crippen molar-refractivity contribution in [2.75, 3.05) is 20.6 Å². The summed E-state index contributed by atoms with van der Waals surface area (Å²) in [5, 5.41) is 14.2. The largest absolute Gasteiger partial charge is 0.354 e. The number of nitrogens with one attached hydrogen (secondary N) is 2. The van der Waals surface area contributed by atoms with Gasteiger partial charge in [-0.15, -0.1) is 10.6 Å². The van der Waals surface area contributed by atoms with Crippen molar-refractivity contribution < 1.29 is 4.79 Å². The van der Waals surface area contributed by atoms with Crippen molar-refractivity contribution in [1.29, 1.82) is 0 Å². The lowest BCUT2D eigenvalue weighted by Gasteiger charge is -2.20. The Labute approximate surface area is 118 Å². The first kappa shape index (κ1) is 14.3. The maximum Gasteiger partial charge on any atom is 0.270 e. The van der Waals surface area contributed by atoms with Crippen LogP contribution in [0.25, 0.3) is 0 Å². The molecule has 0 spiro atoms. The van der Waals surface area contributed by atoms with Gasteiger partial charge in [0.25, 0.3) is 5.91 Å². The van der Waals surface area contributed by atoms with Crippen LogP contribution in [-0.4, -0.2) is 51.6 Å². The van der Waals surface area contributed by atoms with Crippen LogP contribution in [0.3, 0.4) is 0 Å². The Balaban J connectivity index is 1.72. The van der Waals surface area contributed by atoms with Gasteiger partial charge in [-0.3, -0.25) is 19.5 Å². The molecule has 0 saturated carbocycles. The standard InChI is InChI=1S/C12H21N7O/c1-10-8-18(15-14-10)6-4-5-7-19-9-11(12(20)13-2)17(3)16-19/h8-9,16H,4-7H2,1-3H3,(H,13,20). The van der Waals surface area contributed by atoms with Gasteiger partial charge >= 0.3 is 0 Å². The van der Waals surface area contributed by atoms with Gasteiger partial charge in [-0.2, -0.15) is 0 Å². The molecular weight excluding hydrogens is 258 g/mol. The summed E-state index contributed by atoms with van der Waals surface area (Å²) in [6.07, 6.45) is 5.76. The van der Waals surface area contributed by atoms with Crippen LogP contribution in [0.2, 0.25) is 0 Å². The molecule has 110 valence electrons. The van der Waals surface area contributed by atoms with E-state index in [-0.39, 0.29) is 5.91 Å². The molecule has 8 nitrogen and oxygen atoms in total. The van der Waals surface area contributed by atoms with Gasteiger partial charge in [-0.05, 0) is 19.8 Å². The summed E-state index contributed by atoms with van der Waals surface area (Å²) in [5.41, 5.74) is 4.65. The van der Waals surface area contributed by atoms with Crippen molar-refractivity contribution in [1.82, 2.24) is 35.9 Å². The molecule has 0 aromatic carbocycles. The van der Waals surface area contributed by atoms with Gasteiger partial charge in [0.2, 0.25) is 0 Å². The number of carbonyl (C=O) groups is 1. The molecule has 1 aliphatic heterocycles. The molecule has 0 aliphatic carbocycles. The lowest BCUT2D eigenvalue weighted by molar-refractivity contribution is -0.118. The fraction of sp³-hybridized carbons (Fsp3) is 0.583. The SMILES string of the molecule is CNC(=O)C1=CN(CCCCn2cc(C)nn2)NN1C. The Morgan fingerprint density at radius 2 is 2.15 bits per heavy atom. The summed E-state index contributed by atoms with van der Waals surface area (Å²) in [4.78, 5) is 11.6. The molecule has 1 aromatic rings. The molecule has 0 unspecified atom stereocenters. The van der Waals surface area contributed by atoms with E-state index in [1.807, 2.05) is 36.1 Å². The molecule has 1 aliphatic rings. The van der Waals surface area contributed by atoms with Gasteiger partial charge < -0.3 is 5.32 Å². The molecule has 0 fully saturated rings. The highest BCUT2D eigenvalue weighted by Crippen LogP contribution is 2.10. The van der Waals surface area contributed by atoms with Crippen LogP contribution in [0.4, 0.5) is 0 Å². The highest BCUT2D eigenvalue weighted by atomic mass is 16.2. The molecule has 0 atom stereocenters. The maximum atomic E-state index is 11.6. The number of hydrogen-bond donors (Lipinski definition) is 2. The zero-order valence-corrected chi connectivity index (χ0v) is 12.1. The molecule has 1 amide bonds. The topological polar surface area (TPSA) is 78.3 Å². The molecule has 1 aromatic heterocycles. The number of carbonyl (C=O) groups excluding carboxylic acids is 1. The zero-order valence-electron chi connectivity index (χ0n) is 12.1. The first-order valence-corrected chi connectivity index (χ1v) is 6.67. The maximum absolute atomic E-state index is 11.6. The van der Waals surface area contributed by atoms with Crippen LogP contribution in [0.1, 0.15) is 18.5 Å². The van der Waals surface area contributed by atoms with E-state index in [0.29, 0.717) is 5.70 Å². The first-order chi connectivity index (χ1) is 9.60. The third-order valence-corrected chi connectivity index (χ3v) is 3.07. The van der Waals surface area contributed by atoms with E-state index >= 15 is 0 Å². The third-order valence-electron chi connectivity index (χ3n) is 3.07. The summed E-state index contributed by atoms with van der Waals surface area (Å²) in [5.74, 6) is -0.0967. The average Bonchev–Trinajstić information content (AvgIpc) is 3.00. The van der Waals surface area contributed by atoms with Gasteiger partial charge in [0.1, 0.15) is 5.70 Å². The van der Waals surface area contributed by atoms with Crippen LogP contribution >= 0.6 is 0 Å². The van der Waals surface area contributed by atoms with Crippen molar-refractivity contribution >= 4 is 5.91 Å². The Bertz CT molecular complexity index is 496. The number of hydrogen-bond acceptors (Lipinski definition) is 6. The quantitative estimate of drug-likeness (QED) is 0.691. The highest BCUT2D eigenvalue weighted by molar-refractivity contribution is 5.92. The van der Waals surface area contributed by atoms with Gasteiger partial charge in [0.05, 0.1) is 5.69 Å². The molecule has 2 heterocycles. The minimum absolute atomic E-state index is 0.0967. The van der Waals surface area contributed by atoms with E-state index in [4.69, 9.17) is 0 Å². The fourth-order valence-electron chi connectivity index (χ4n) is 2.02. The Morgan fingerprint density at radius 3 is 2.80 bits per heavy atom. The molecule has 2 rings (SSSR count). The Hall–Kier alpha value is -2.09.